The number of sulfonamides is 4. The average molecular weight is 1670 g/mol. The highest BCUT2D eigenvalue weighted by Crippen LogP contribution is 2.31. The Bertz CT molecular complexity index is 6540. The Kier molecular flexibility index (Phi) is 25.9. The molecule has 9 aromatic heterocycles. The number of carbonyl (C=O) groups excluding carboxylic acids is 1. The highest BCUT2D eigenvalue weighted by atomic mass is 32.2. The van der Waals surface area contributed by atoms with Crippen molar-refractivity contribution in [2.75, 3.05) is 37.9 Å². The smallest absolute Gasteiger partial charge is 0.264 e. The Hall–Kier alpha value is -14.4. The van der Waals surface area contributed by atoms with E-state index in [1.807, 2.05) is 91.8 Å². The number of ketones is 1. The van der Waals surface area contributed by atoms with Crippen LogP contribution in [-0.2, 0) is 45.5 Å². The quantitative estimate of drug-likeness (QED) is 0.0485. The van der Waals surface area contributed by atoms with E-state index in [1.165, 1.54) is 43.3 Å². The van der Waals surface area contributed by atoms with E-state index in [9.17, 15) is 38.5 Å². The first kappa shape index (κ1) is 84.0. The van der Waals surface area contributed by atoms with E-state index in [-0.39, 0.29) is 66.2 Å². The van der Waals surface area contributed by atoms with Gasteiger partial charge in [-0.1, -0.05) is 112 Å². The van der Waals surface area contributed by atoms with Crippen LogP contribution in [0.2, 0.25) is 0 Å². The van der Waals surface area contributed by atoms with Crippen LogP contribution in [0.3, 0.4) is 0 Å². The van der Waals surface area contributed by atoms with Crippen LogP contribution in [0.15, 0.2) is 279 Å². The third-order valence-corrected chi connectivity index (χ3v) is 22.3. The van der Waals surface area contributed by atoms with Crippen LogP contribution in [0.4, 0.5) is 29.5 Å². The largest absolute Gasteiger partial charge is 0.436 e. The van der Waals surface area contributed by atoms with Gasteiger partial charge in [-0.25, -0.2) is 77.5 Å². The Morgan fingerprint density at radius 3 is 0.950 bits per heavy atom. The van der Waals surface area contributed by atoms with Gasteiger partial charge < -0.3 is 9.32 Å². The fraction of sp³-hybridized carbons (Fsp3) is 0.133. The number of pyridine rings is 4. The predicted molar refractivity (Wildman–Crippen MR) is 450 cm³/mol. The number of hydrogen-bond acceptors (Lipinski definition) is 28. The lowest BCUT2D eigenvalue weighted by atomic mass is 9.87. The number of benzene rings is 6. The highest BCUT2D eigenvalue weighted by Gasteiger charge is 2.24. The summed E-state index contributed by atoms with van der Waals surface area (Å²) in [5.74, 6) is 3.23. The van der Waals surface area contributed by atoms with Gasteiger partial charge in [0.15, 0.2) is 34.8 Å². The zero-order valence-electron chi connectivity index (χ0n) is 65.5. The van der Waals surface area contributed by atoms with Crippen LogP contribution in [0, 0.1) is 27.7 Å². The summed E-state index contributed by atoms with van der Waals surface area (Å²) < 4.78 is 118. The molecule has 15 rings (SSSR count). The Morgan fingerprint density at radius 2 is 0.639 bits per heavy atom. The van der Waals surface area contributed by atoms with Gasteiger partial charge in [0.2, 0.25) is 29.7 Å². The second-order valence-electron chi connectivity index (χ2n) is 27.1. The number of hydrogen-bond donors (Lipinski definition) is 4. The number of aryl methyl sites for hydroxylation is 4. The van der Waals surface area contributed by atoms with E-state index in [4.69, 9.17) is 4.42 Å². The molecule has 0 atom stereocenters. The van der Waals surface area contributed by atoms with Crippen molar-refractivity contribution in [2.24, 2.45) is 0 Å². The molecule has 0 radical (unpaired) electrons. The van der Waals surface area contributed by atoms with Gasteiger partial charge in [-0.2, -0.15) is 39.9 Å². The molecule has 0 unspecified atom stereocenters. The molecule has 0 saturated carbocycles. The predicted octanol–water partition coefficient (Wildman–Crippen LogP) is 13.7. The van der Waals surface area contributed by atoms with E-state index in [0.29, 0.717) is 80.5 Å². The molecule has 32 nitrogen and oxygen atoms in total. The second kappa shape index (κ2) is 36.6. The van der Waals surface area contributed by atoms with Gasteiger partial charge in [0.05, 0.1) is 25.8 Å². The Labute approximate surface area is 686 Å². The SMILES string of the molecule is CC(=O)c1ccc(S(=O)(=O)Nc2nc(C)nc(-c3ccccn3)n2)cc1.Cc1nc(NS(=O)(=O)c2ccc(-c3ccccc3)cc2)nc(-c2ccccn2)n1.Cc1nc(NS(=O)(=O)c2ccc(-c3ncc(-c4ccc(N(C)C)cc4)o3)cc2)nc(-c2ccccn2)n1.Cc1nc(NS(=O)(=O)c2ccc(C(C)(C)C)cc2)nc(-c2ccccn2)n1. The molecule has 0 spiro atoms. The van der Waals surface area contributed by atoms with Gasteiger partial charge in [-0.3, -0.25) is 24.7 Å². The lowest BCUT2D eigenvalue weighted by molar-refractivity contribution is 0.101. The fourth-order valence-electron chi connectivity index (χ4n) is 11.0. The van der Waals surface area contributed by atoms with Gasteiger partial charge in [0.25, 0.3) is 40.1 Å². The van der Waals surface area contributed by atoms with Crippen molar-refractivity contribution in [2.45, 2.75) is 80.4 Å². The zero-order valence-corrected chi connectivity index (χ0v) is 68.8. The number of nitrogens with zero attached hydrogens (tertiary/aromatic N) is 18. The van der Waals surface area contributed by atoms with Crippen molar-refractivity contribution in [1.82, 2.24) is 84.7 Å². The van der Waals surface area contributed by atoms with E-state index < -0.39 is 40.1 Å². The molecular formula is C83H76N22O10S4. The van der Waals surface area contributed by atoms with Crippen LogP contribution in [0.5, 0.6) is 0 Å². The van der Waals surface area contributed by atoms with E-state index >= 15 is 0 Å². The van der Waals surface area contributed by atoms with E-state index in [0.717, 1.165) is 27.9 Å². The fourth-order valence-corrected chi connectivity index (χ4v) is 14.7. The van der Waals surface area contributed by atoms with E-state index in [1.54, 1.807) is 174 Å². The first-order chi connectivity index (χ1) is 56.8. The lowest BCUT2D eigenvalue weighted by Crippen LogP contribution is -2.17. The standard InChI is InChI=1S/C26H23N7O3S.C21H17N5O2S.C19H21N5O2S.C17H15N5O3S/c1-17-29-24(22-6-4-5-15-27-22)31-26(30-17)32-37(34,35)21-13-9-19(10-14-21)25-28-16-23(36-25)18-7-11-20(12-8-18)33(2)3;1-15-23-20(19-9-5-6-14-22-19)25-21(24-15)26-29(27,28)18-12-10-17(11-13-18)16-7-3-2-4-8-16;1-13-21-17(16-7-5-6-12-20-16)23-18(22-13)24-27(25,26)15-10-8-14(9-11-15)19(2,3)4;1-11(23)13-6-8-14(9-7-13)26(24,25)22-17-20-12(2)19-16(21-17)15-5-3-4-10-18-15/h4-16H,1-3H3,(H,29,30,31,32);2-14H,1H3,(H,23,24,25,26);5-12H,1-4H3,(H,21,22,23,24);3-10H,1-2H3,(H,19,20,21,22). The molecule has 15 aromatic rings. The molecule has 0 aliphatic rings. The second-order valence-corrected chi connectivity index (χ2v) is 33.9. The molecule has 9 heterocycles. The molecule has 0 bridgehead atoms. The Morgan fingerprint density at radius 1 is 0.336 bits per heavy atom. The molecule has 4 N–H and O–H groups in total. The monoisotopic (exact) mass is 1670 g/mol. The van der Waals surface area contributed by atoms with Gasteiger partial charge in [0.1, 0.15) is 46.1 Å². The van der Waals surface area contributed by atoms with Crippen LogP contribution >= 0.6 is 0 Å². The highest BCUT2D eigenvalue weighted by molar-refractivity contribution is 7.93. The van der Waals surface area contributed by atoms with E-state index in [2.05, 4.69) is 124 Å². The van der Waals surface area contributed by atoms with Gasteiger partial charge in [-0.15, -0.1) is 0 Å². The van der Waals surface area contributed by atoms with Crippen LogP contribution in [-0.4, -0.2) is 138 Å². The number of oxazole rings is 1. The summed E-state index contributed by atoms with van der Waals surface area (Å²) in [6, 6.07) is 64.1. The maximum Gasteiger partial charge on any atom is 0.264 e. The normalized spacial score (nSPS) is 11.4. The average Bonchev–Trinajstić information content (AvgIpc) is 1.55. The molecule has 36 heteroatoms. The van der Waals surface area contributed by atoms with Crippen molar-refractivity contribution in [3.63, 3.8) is 0 Å². The summed E-state index contributed by atoms with van der Waals surface area (Å²) in [7, 11) is -11.6. The van der Waals surface area contributed by atoms with Crippen LogP contribution in [0.1, 0.15) is 66.9 Å². The van der Waals surface area contributed by atoms with Crippen molar-refractivity contribution in [3.8, 4) is 80.0 Å². The summed E-state index contributed by atoms with van der Waals surface area (Å²) in [5.41, 5.74) is 8.06. The number of nitrogens with one attached hydrogen (secondary N) is 4. The summed E-state index contributed by atoms with van der Waals surface area (Å²) in [6.07, 6.45) is 8.09. The summed E-state index contributed by atoms with van der Waals surface area (Å²) in [6.45, 7) is 14.2. The lowest BCUT2D eigenvalue weighted by Gasteiger charge is -2.19. The number of carbonyl (C=O) groups is 1. The zero-order chi connectivity index (χ0) is 84.7. The maximum absolute atomic E-state index is 13.0. The molecule has 0 saturated heterocycles. The first-order valence-corrected chi connectivity index (χ1v) is 42.1. The van der Waals surface area contributed by atoms with Gasteiger partial charge in [0, 0.05) is 61.3 Å². The molecule has 6 aromatic carbocycles. The van der Waals surface area contributed by atoms with Gasteiger partial charge >= 0.3 is 0 Å². The summed E-state index contributed by atoms with van der Waals surface area (Å²) in [5, 5.41) is 0. The number of Topliss-reactive ketones (excluding diaryl/α,β-unsaturated/α-hetero) is 1. The maximum atomic E-state index is 13.0. The molecular weight excluding hydrogens is 1590 g/mol. The summed E-state index contributed by atoms with van der Waals surface area (Å²) >= 11 is 0. The third kappa shape index (κ3) is 22.4. The topological polar surface area (TPSA) is 437 Å². The molecule has 119 heavy (non-hydrogen) atoms. The molecule has 0 aliphatic heterocycles. The minimum Gasteiger partial charge on any atom is -0.436 e. The van der Waals surface area contributed by atoms with Crippen molar-refractivity contribution in [3.05, 3.63) is 290 Å². The molecule has 0 fully saturated rings. The minimum atomic E-state index is -3.96. The number of aromatic nitrogens is 17. The van der Waals surface area contributed by atoms with Crippen LogP contribution in [0.25, 0.3) is 80.0 Å². The number of rotatable bonds is 21. The molecule has 0 aliphatic carbocycles. The number of anilines is 5. The third-order valence-electron chi connectivity index (χ3n) is 16.9. The molecule has 0 amide bonds. The van der Waals surface area contributed by atoms with Crippen LogP contribution < -0.4 is 23.8 Å². The molecule has 602 valence electrons. The van der Waals surface area contributed by atoms with Crippen molar-refractivity contribution in [1.29, 1.82) is 0 Å². The Balaban J connectivity index is 0.000000147. The van der Waals surface area contributed by atoms with Crippen molar-refractivity contribution >= 4 is 75.4 Å². The van der Waals surface area contributed by atoms with Crippen molar-refractivity contribution < 1.29 is 42.9 Å². The minimum absolute atomic E-state index is 0.0000450. The summed E-state index contributed by atoms with van der Waals surface area (Å²) in [4.78, 5) is 84.7. The van der Waals surface area contributed by atoms with Gasteiger partial charge in [-0.05, 0) is 190 Å². The first-order valence-electron chi connectivity index (χ1n) is 36.2.